The second-order valence-corrected chi connectivity index (χ2v) is 6.27. The van der Waals surface area contributed by atoms with E-state index in [0.717, 1.165) is 25.1 Å². The number of benzene rings is 1. The van der Waals surface area contributed by atoms with E-state index in [4.69, 9.17) is 27.9 Å². The van der Waals surface area contributed by atoms with Crippen molar-refractivity contribution >= 4 is 28.9 Å². The van der Waals surface area contributed by atoms with Crippen LogP contribution in [0.5, 0.6) is 0 Å². The molecule has 106 valence electrons. The first kappa shape index (κ1) is 15.0. The quantitative estimate of drug-likeness (QED) is 0.826. The number of anilines is 1. The summed E-state index contributed by atoms with van der Waals surface area (Å²) in [4.78, 5) is 0. The van der Waals surface area contributed by atoms with Gasteiger partial charge in [0.2, 0.25) is 0 Å². The Labute approximate surface area is 125 Å². The van der Waals surface area contributed by atoms with Gasteiger partial charge in [-0.2, -0.15) is 0 Å². The molecule has 1 N–H and O–H groups in total. The molecule has 3 unspecified atom stereocenters. The van der Waals surface area contributed by atoms with Gasteiger partial charge >= 0.3 is 0 Å². The van der Waals surface area contributed by atoms with Crippen LogP contribution in [0, 0.1) is 5.41 Å². The van der Waals surface area contributed by atoms with Gasteiger partial charge in [-0.15, -0.1) is 0 Å². The summed E-state index contributed by atoms with van der Waals surface area (Å²) >= 11 is 12.1. The molecule has 0 spiro atoms. The molecule has 1 aromatic rings. The highest BCUT2D eigenvalue weighted by atomic mass is 35.5. The number of rotatable bonds is 5. The molecule has 0 amide bonds. The van der Waals surface area contributed by atoms with Crippen LogP contribution in [0.1, 0.15) is 33.6 Å². The van der Waals surface area contributed by atoms with Gasteiger partial charge in [0, 0.05) is 33.8 Å². The number of halogens is 2. The maximum absolute atomic E-state index is 6.03. The van der Waals surface area contributed by atoms with E-state index in [9.17, 15) is 0 Å². The van der Waals surface area contributed by atoms with Crippen LogP contribution < -0.4 is 5.32 Å². The first-order valence-electron chi connectivity index (χ1n) is 6.83. The van der Waals surface area contributed by atoms with Crippen molar-refractivity contribution < 1.29 is 4.74 Å². The molecule has 0 bridgehead atoms. The number of nitrogens with one attached hydrogen (secondary N) is 1. The van der Waals surface area contributed by atoms with E-state index >= 15 is 0 Å². The van der Waals surface area contributed by atoms with Crippen LogP contribution in [-0.4, -0.2) is 18.8 Å². The first-order chi connectivity index (χ1) is 8.99. The average Bonchev–Trinajstić information content (AvgIpc) is 2.35. The summed E-state index contributed by atoms with van der Waals surface area (Å²) < 4.78 is 5.81. The van der Waals surface area contributed by atoms with Crippen molar-refractivity contribution in [3.8, 4) is 0 Å². The van der Waals surface area contributed by atoms with Crippen LogP contribution in [0.15, 0.2) is 18.2 Å². The van der Waals surface area contributed by atoms with Crippen LogP contribution in [0.25, 0.3) is 0 Å². The summed E-state index contributed by atoms with van der Waals surface area (Å²) in [7, 11) is 0. The maximum Gasteiger partial charge on any atom is 0.0667 e. The minimum atomic E-state index is 0.171. The minimum absolute atomic E-state index is 0.171. The molecule has 0 radical (unpaired) electrons. The molecule has 1 aliphatic rings. The largest absolute Gasteiger partial charge is 0.381 e. The van der Waals surface area contributed by atoms with Gasteiger partial charge in [-0.05, 0) is 38.0 Å². The average molecular weight is 302 g/mol. The van der Waals surface area contributed by atoms with Gasteiger partial charge in [0.15, 0.2) is 0 Å². The van der Waals surface area contributed by atoms with Crippen molar-refractivity contribution in [2.45, 2.75) is 45.8 Å². The molecular weight excluding hydrogens is 281 g/mol. The van der Waals surface area contributed by atoms with Gasteiger partial charge in [-0.1, -0.05) is 37.0 Å². The highest BCUT2D eigenvalue weighted by Gasteiger charge is 2.51. The van der Waals surface area contributed by atoms with Crippen LogP contribution in [0.2, 0.25) is 10.0 Å². The number of ether oxygens (including phenoxy) is 1. The van der Waals surface area contributed by atoms with Gasteiger partial charge in [0.05, 0.1) is 6.10 Å². The minimum Gasteiger partial charge on any atom is -0.381 e. The molecule has 19 heavy (non-hydrogen) atoms. The zero-order valence-electron chi connectivity index (χ0n) is 11.7. The van der Waals surface area contributed by atoms with Crippen molar-refractivity contribution in [1.82, 2.24) is 0 Å². The Hall–Kier alpha value is -0.440. The van der Waals surface area contributed by atoms with Crippen molar-refractivity contribution in [3.05, 3.63) is 28.2 Å². The number of hydrogen-bond acceptors (Lipinski definition) is 2. The second-order valence-electron chi connectivity index (χ2n) is 5.39. The van der Waals surface area contributed by atoms with E-state index in [1.807, 2.05) is 19.1 Å². The van der Waals surface area contributed by atoms with Gasteiger partial charge < -0.3 is 10.1 Å². The highest BCUT2D eigenvalue weighted by molar-refractivity contribution is 6.35. The van der Waals surface area contributed by atoms with Crippen molar-refractivity contribution in [1.29, 1.82) is 0 Å². The van der Waals surface area contributed by atoms with Gasteiger partial charge in [-0.25, -0.2) is 0 Å². The molecule has 1 aromatic carbocycles. The summed E-state index contributed by atoms with van der Waals surface area (Å²) in [6.45, 7) is 7.31. The third-order valence-corrected chi connectivity index (χ3v) is 4.75. The molecule has 0 aromatic heterocycles. The molecule has 0 aliphatic heterocycles. The predicted molar refractivity (Wildman–Crippen MR) is 82.3 cm³/mol. The first-order valence-corrected chi connectivity index (χ1v) is 7.59. The molecule has 3 atom stereocenters. The molecule has 1 fully saturated rings. The molecule has 0 heterocycles. The Morgan fingerprint density at radius 3 is 2.42 bits per heavy atom. The lowest BCUT2D eigenvalue weighted by Crippen LogP contribution is -2.59. The Morgan fingerprint density at radius 1 is 1.26 bits per heavy atom. The summed E-state index contributed by atoms with van der Waals surface area (Å²) in [5.74, 6) is 0. The second kappa shape index (κ2) is 5.90. The Morgan fingerprint density at radius 2 is 1.89 bits per heavy atom. The van der Waals surface area contributed by atoms with Crippen LogP contribution in [0.4, 0.5) is 5.69 Å². The van der Waals surface area contributed by atoms with Crippen LogP contribution in [-0.2, 0) is 4.74 Å². The smallest absolute Gasteiger partial charge is 0.0667 e. The van der Waals surface area contributed by atoms with Gasteiger partial charge in [0.25, 0.3) is 0 Å². The van der Waals surface area contributed by atoms with Crippen molar-refractivity contribution in [3.63, 3.8) is 0 Å². The van der Waals surface area contributed by atoms with Crippen LogP contribution >= 0.6 is 23.2 Å². The van der Waals surface area contributed by atoms with E-state index in [0.29, 0.717) is 22.2 Å². The zero-order valence-corrected chi connectivity index (χ0v) is 13.2. The van der Waals surface area contributed by atoms with Crippen molar-refractivity contribution in [2.24, 2.45) is 5.41 Å². The summed E-state index contributed by atoms with van der Waals surface area (Å²) in [5.41, 5.74) is 1.15. The standard InChI is InChI=1S/C15H21Cl2NO/c1-4-15(3)13(9-14(15)19-5-2)18-12-7-10(16)6-11(17)8-12/h6-8,13-14,18H,4-5,9H2,1-3H3. The Kier molecular flexibility index (Phi) is 4.65. The fourth-order valence-electron chi connectivity index (χ4n) is 2.81. The molecule has 2 nitrogen and oxygen atoms in total. The highest BCUT2D eigenvalue weighted by Crippen LogP contribution is 2.47. The summed E-state index contributed by atoms with van der Waals surface area (Å²) in [6.07, 6.45) is 2.46. The summed E-state index contributed by atoms with van der Waals surface area (Å²) in [5, 5.41) is 4.86. The lowest BCUT2D eigenvalue weighted by atomic mass is 9.61. The van der Waals surface area contributed by atoms with Crippen LogP contribution in [0.3, 0.4) is 0 Å². The number of hydrogen-bond donors (Lipinski definition) is 1. The molecular formula is C15H21Cl2NO. The van der Waals surface area contributed by atoms with E-state index < -0.39 is 0 Å². The molecule has 1 aliphatic carbocycles. The third-order valence-electron chi connectivity index (χ3n) is 4.31. The lowest BCUT2D eigenvalue weighted by Gasteiger charge is -2.54. The Balaban J connectivity index is 2.07. The fraction of sp³-hybridized carbons (Fsp3) is 0.600. The van der Waals surface area contributed by atoms with Gasteiger partial charge in [-0.3, -0.25) is 0 Å². The lowest BCUT2D eigenvalue weighted by molar-refractivity contribution is -0.109. The third kappa shape index (κ3) is 3.01. The fourth-order valence-corrected chi connectivity index (χ4v) is 3.34. The van der Waals surface area contributed by atoms with E-state index in [1.54, 1.807) is 6.07 Å². The topological polar surface area (TPSA) is 21.3 Å². The predicted octanol–water partition coefficient (Wildman–Crippen LogP) is 5.00. The van der Waals surface area contributed by atoms with E-state index in [-0.39, 0.29) is 5.41 Å². The maximum atomic E-state index is 6.03. The van der Waals surface area contributed by atoms with Crippen molar-refractivity contribution in [2.75, 3.05) is 11.9 Å². The monoisotopic (exact) mass is 301 g/mol. The molecule has 2 rings (SSSR count). The van der Waals surface area contributed by atoms with Gasteiger partial charge in [0.1, 0.15) is 0 Å². The molecule has 1 saturated carbocycles. The summed E-state index contributed by atoms with van der Waals surface area (Å²) in [6, 6.07) is 5.98. The SMILES string of the molecule is CCOC1CC(Nc2cc(Cl)cc(Cl)c2)C1(C)CC. The van der Waals surface area contributed by atoms with E-state index in [2.05, 4.69) is 19.2 Å². The Bertz CT molecular complexity index is 432. The molecule has 4 heteroatoms. The van der Waals surface area contributed by atoms with E-state index in [1.165, 1.54) is 0 Å². The normalized spacial score (nSPS) is 29.9. The zero-order chi connectivity index (χ0) is 14.0. The molecule has 0 saturated heterocycles.